The van der Waals surface area contributed by atoms with Gasteiger partial charge in [-0.05, 0) is 12.1 Å². The second-order valence-corrected chi connectivity index (χ2v) is 8.70. The van der Waals surface area contributed by atoms with Crippen molar-refractivity contribution in [2.45, 2.75) is 12.7 Å². The SMILES string of the molecule is CN(C)S(=O)(=O)N1CCN(Cc2nc(-c3cccc(C(F)(F)F)c3)no2)CC1. The van der Waals surface area contributed by atoms with Crippen LogP contribution in [0.3, 0.4) is 0 Å². The molecule has 0 radical (unpaired) electrons. The molecule has 0 atom stereocenters. The number of hydrogen-bond acceptors (Lipinski definition) is 6. The van der Waals surface area contributed by atoms with E-state index in [1.54, 1.807) is 0 Å². The van der Waals surface area contributed by atoms with Crippen molar-refractivity contribution in [3.05, 3.63) is 35.7 Å². The van der Waals surface area contributed by atoms with Crippen molar-refractivity contribution in [3.63, 3.8) is 0 Å². The van der Waals surface area contributed by atoms with E-state index in [2.05, 4.69) is 10.1 Å². The van der Waals surface area contributed by atoms with Gasteiger partial charge in [0, 0.05) is 45.8 Å². The fraction of sp³-hybridized carbons (Fsp3) is 0.500. The molecule has 12 heteroatoms. The Labute approximate surface area is 160 Å². The Morgan fingerprint density at radius 3 is 2.46 bits per heavy atom. The molecule has 8 nitrogen and oxygen atoms in total. The highest BCUT2D eigenvalue weighted by Gasteiger charge is 2.31. The van der Waals surface area contributed by atoms with Gasteiger partial charge in [-0.25, -0.2) is 0 Å². The van der Waals surface area contributed by atoms with Crippen LogP contribution in [0.1, 0.15) is 11.5 Å². The van der Waals surface area contributed by atoms with Crippen LogP contribution < -0.4 is 0 Å². The van der Waals surface area contributed by atoms with Crippen LogP contribution in [0.15, 0.2) is 28.8 Å². The second-order valence-electron chi connectivity index (χ2n) is 6.56. The zero-order valence-electron chi connectivity index (χ0n) is 15.3. The van der Waals surface area contributed by atoms with Crippen molar-refractivity contribution in [2.75, 3.05) is 40.3 Å². The Bertz CT molecular complexity index is 922. The van der Waals surface area contributed by atoms with Crippen LogP contribution in [0.4, 0.5) is 13.2 Å². The third-order valence-electron chi connectivity index (χ3n) is 4.39. The highest BCUT2D eigenvalue weighted by Crippen LogP contribution is 2.31. The number of nitrogens with zero attached hydrogens (tertiary/aromatic N) is 5. The van der Waals surface area contributed by atoms with E-state index in [-0.39, 0.29) is 17.3 Å². The number of halogens is 3. The Balaban J connectivity index is 1.64. The summed E-state index contributed by atoms with van der Waals surface area (Å²) in [5.41, 5.74) is -0.568. The number of piperazine rings is 1. The van der Waals surface area contributed by atoms with E-state index in [9.17, 15) is 21.6 Å². The topological polar surface area (TPSA) is 82.8 Å². The smallest absolute Gasteiger partial charge is 0.338 e. The van der Waals surface area contributed by atoms with Gasteiger partial charge in [0.05, 0.1) is 12.1 Å². The van der Waals surface area contributed by atoms with Gasteiger partial charge >= 0.3 is 6.18 Å². The van der Waals surface area contributed by atoms with E-state index in [0.717, 1.165) is 12.1 Å². The van der Waals surface area contributed by atoms with E-state index in [4.69, 9.17) is 4.52 Å². The van der Waals surface area contributed by atoms with Gasteiger partial charge in [0.2, 0.25) is 11.7 Å². The lowest BCUT2D eigenvalue weighted by Gasteiger charge is -2.34. The number of rotatable bonds is 5. The van der Waals surface area contributed by atoms with E-state index in [1.807, 2.05) is 4.90 Å². The monoisotopic (exact) mass is 419 g/mol. The van der Waals surface area contributed by atoms with Gasteiger partial charge in [-0.2, -0.15) is 35.2 Å². The molecule has 3 rings (SSSR count). The van der Waals surface area contributed by atoms with Gasteiger partial charge < -0.3 is 4.52 Å². The number of hydrogen-bond donors (Lipinski definition) is 0. The van der Waals surface area contributed by atoms with E-state index in [1.165, 1.54) is 34.8 Å². The summed E-state index contributed by atoms with van der Waals surface area (Å²) in [5, 5.41) is 3.76. The molecule has 0 N–H and O–H groups in total. The third kappa shape index (κ3) is 4.51. The molecule has 2 aromatic rings. The summed E-state index contributed by atoms with van der Waals surface area (Å²) in [6.45, 7) is 1.91. The van der Waals surface area contributed by atoms with Crippen LogP contribution in [0.25, 0.3) is 11.4 Å². The normalized spacial score (nSPS) is 17.4. The molecular weight excluding hydrogens is 399 g/mol. The summed E-state index contributed by atoms with van der Waals surface area (Å²) in [6, 6.07) is 4.72. The van der Waals surface area contributed by atoms with Crippen molar-refractivity contribution in [2.24, 2.45) is 0 Å². The first-order valence-electron chi connectivity index (χ1n) is 8.47. The highest BCUT2D eigenvalue weighted by atomic mass is 32.2. The molecule has 0 saturated carbocycles. The standard InChI is InChI=1S/C16H20F3N5O3S/c1-22(2)28(25,26)24-8-6-23(7-9-24)11-14-20-15(21-27-14)12-4-3-5-13(10-12)16(17,18)19/h3-5,10H,6-9,11H2,1-2H3. The Hall–Kier alpha value is -2.02. The zero-order valence-corrected chi connectivity index (χ0v) is 16.2. The van der Waals surface area contributed by atoms with Crippen molar-refractivity contribution >= 4 is 10.2 Å². The second kappa shape index (κ2) is 7.78. The highest BCUT2D eigenvalue weighted by molar-refractivity contribution is 7.86. The van der Waals surface area contributed by atoms with Crippen LogP contribution in [-0.4, -0.2) is 72.3 Å². The predicted octanol–water partition coefficient (Wildman–Crippen LogP) is 1.68. The third-order valence-corrected chi connectivity index (χ3v) is 6.33. The molecule has 1 saturated heterocycles. The minimum atomic E-state index is -4.45. The maximum absolute atomic E-state index is 12.8. The van der Waals surface area contributed by atoms with Crippen LogP contribution in [0.5, 0.6) is 0 Å². The van der Waals surface area contributed by atoms with E-state index in [0.29, 0.717) is 32.7 Å². The molecule has 0 amide bonds. The lowest BCUT2D eigenvalue weighted by atomic mass is 10.1. The van der Waals surface area contributed by atoms with Gasteiger partial charge in [0.15, 0.2) is 0 Å². The molecule has 0 aliphatic carbocycles. The summed E-state index contributed by atoms with van der Waals surface area (Å²) < 4.78 is 70.5. The summed E-state index contributed by atoms with van der Waals surface area (Å²) in [6.07, 6.45) is -4.45. The summed E-state index contributed by atoms with van der Waals surface area (Å²) in [4.78, 5) is 6.12. The minimum absolute atomic E-state index is 0.0786. The Morgan fingerprint density at radius 2 is 1.86 bits per heavy atom. The van der Waals surface area contributed by atoms with Crippen molar-refractivity contribution < 1.29 is 26.1 Å². The average molecular weight is 419 g/mol. The van der Waals surface area contributed by atoms with Gasteiger partial charge in [0.25, 0.3) is 10.2 Å². The average Bonchev–Trinajstić information content (AvgIpc) is 3.10. The Kier molecular flexibility index (Phi) is 5.75. The minimum Gasteiger partial charge on any atom is -0.338 e. The maximum Gasteiger partial charge on any atom is 0.416 e. The van der Waals surface area contributed by atoms with Gasteiger partial charge in [-0.3, -0.25) is 4.90 Å². The van der Waals surface area contributed by atoms with E-state index < -0.39 is 21.9 Å². The molecule has 1 aromatic heterocycles. The fourth-order valence-electron chi connectivity index (χ4n) is 2.81. The molecule has 0 unspecified atom stereocenters. The largest absolute Gasteiger partial charge is 0.416 e. The lowest BCUT2D eigenvalue weighted by Crippen LogP contribution is -2.51. The van der Waals surface area contributed by atoms with Crippen molar-refractivity contribution in [1.29, 1.82) is 0 Å². The maximum atomic E-state index is 12.8. The molecule has 1 fully saturated rings. The quantitative estimate of drug-likeness (QED) is 0.734. The first-order chi connectivity index (χ1) is 13.1. The first-order valence-corrected chi connectivity index (χ1v) is 9.87. The molecular formula is C16H20F3N5O3S. The predicted molar refractivity (Wildman–Crippen MR) is 94.2 cm³/mol. The number of benzene rings is 1. The molecule has 2 heterocycles. The molecule has 0 spiro atoms. The Morgan fingerprint density at radius 1 is 1.18 bits per heavy atom. The molecule has 28 heavy (non-hydrogen) atoms. The summed E-state index contributed by atoms with van der Waals surface area (Å²) in [5.74, 6) is 0.339. The van der Waals surface area contributed by atoms with Crippen LogP contribution in [0.2, 0.25) is 0 Å². The van der Waals surface area contributed by atoms with E-state index >= 15 is 0 Å². The van der Waals surface area contributed by atoms with Crippen LogP contribution in [-0.2, 0) is 22.9 Å². The van der Waals surface area contributed by atoms with Crippen molar-refractivity contribution in [3.8, 4) is 11.4 Å². The zero-order chi connectivity index (χ0) is 20.5. The van der Waals surface area contributed by atoms with Crippen LogP contribution >= 0.6 is 0 Å². The summed E-state index contributed by atoms with van der Waals surface area (Å²) >= 11 is 0. The van der Waals surface area contributed by atoms with Crippen molar-refractivity contribution in [1.82, 2.24) is 23.7 Å². The number of aromatic nitrogens is 2. The first kappa shape index (κ1) is 20.7. The fourth-order valence-corrected chi connectivity index (χ4v) is 3.90. The van der Waals surface area contributed by atoms with Gasteiger partial charge in [-0.15, -0.1) is 0 Å². The lowest BCUT2D eigenvalue weighted by molar-refractivity contribution is -0.137. The molecule has 1 aliphatic heterocycles. The molecule has 154 valence electrons. The molecule has 1 aliphatic rings. The van der Waals surface area contributed by atoms with Gasteiger partial charge in [0.1, 0.15) is 0 Å². The van der Waals surface area contributed by atoms with Gasteiger partial charge in [-0.1, -0.05) is 17.3 Å². The molecule has 0 bridgehead atoms. The molecule has 1 aromatic carbocycles. The number of alkyl halides is 3. The summed E-state index contributed by atoms with van der Waals surface area (Å²) in [7, 11) is -0.484. The van der Waals surface area contributed by atoms with Crippen LogP contribution in [0, 0.1) is 0 Å².